The summed E-state index contributed by atoms with van der Waals surface area (Å²) in [7, 11) is 0. The minimum absolute atomic E-state index is 0. The summed E-state index contributed by atoms with van der Waals surface area (Å²) < 4.78 is 42.0. The molecule has 0 amide bonds. The average molecular weight is 494 g/mol. The predicted octanol–water partition coefficient (Wildman–Crippen LogP) is 5.25. The van der Waals surface area contributed by atoms with Crippen LogP contribution in [0.4, 0.5) is 13.2 Å². The van der Waals surface area contributed by atoms with Crippen molar-refractivity contribution < 1.29 is 17.9 Å². The van der Waals surface area contributed by atoms with Crippen LogP contribution in [-0.4, -0.2) is 37.4 Å². The van der Waals surface area contributed by atoms with Crippen LogP contribution >= 0.6 is 52.1 Å². The third-order valence-corrected chi connectivity index (χ3v) is 5.76. The molecule has 0 saturated carbocycles. The van der Waals surface area contributed by atoms with Gasteiger partial charge in [0.1, 0.15) is 5.75 Å². The standard InChI is InChI=1S/C16H16BrF3N2OS.2ClH/c17-13-5-10-24-15(13)14(22-8-6-21-7-9-22)11-1-3-12(4-2-11)23-16(18,19)20;;/h1-5,10,14,21H,6-9H2;2*1H/t14-;;/m0../s1. The van der Waals surface area contributed by atoms with Crippen LogP contribution in [0.25, 0.3) is 0 Å². The largest absolute Gasteiger partial charge is 0.573 e. The molecule has 0 spiro atoms. The quantitative estimate of drug-likeness (QED) is 0.629. The van der Waals surface area contributed by atoms with Crippen LogP contribution in [0.1, 0.15) is 16.5 Å². The summed E-state index contributed by atoms with van der Waals surface area (Å²) in [6.07, 6.45) is -4.67. The molecule has 1 aliphatic rings. The van der Waals surface area contributed by atoms with Gasteiger partial charge in [-0.1, -0.05) is 12.1 Å². The minimum atomic E-state index is -4.67. The van der Waals surface area contributed by atoms with E-state index in [-0.39, 0.29) is 36.6 Å². The van der Waals surface area contributed by atoms with E-state index < -0.39 is 6.36 Å². The Balaban J connectivity index is 0.00000169. The van der Waals surface area contributed by atoms with Crippen molar-refractivity contribution in [2.45, 2.75) is 12.4 Å². The molecule has 0 radical (unpaired) electrons. The van der Waals surface area contributed by atoms with Crippen molar-refractivity contribution in [2.75, 3.05) is 26.2 Å². The normalized spacial score (nSPS) is 16.3. The summed E-state index contributed by atoms with van der Waals surface area (Å²) in [6, 6.07) is 8.18. The van der Waals surface area contributed by atoms with Crippen molar-refractivity contribution in [3.63, 3.8) is 0 Å². The van der Waals surface area contributed by atoms with E-state index in [1.54, 1.807) is 23.5 Å². The van der Waals surface area contributed by atoms with E-state index >= 15 is 0 Å². The third-order valence-electron chi connectivity index (χ3n) is 3.84. The molecule has 0 unspecified atom stereocenters. The van der Waals surface area contributed by atoms with Crippen molar-refractivity contribution in [3.05, 3.63) is 50.6 Å². The summed E-state index contributed by atoms with van der Waals surface area (Å²) >= 11 is 5.22. The van der Waals surface area contributed by atoms with Crippen molar-refractivity contribution in [1.29, 1.82) is 0 Å². The maximum Gasteiger partial charge on any atom is 0.573 e. The Labute approximate surface area is 174 Å². The second-order valence-electron chi connectivity index (χ2n) is 5.44. The lowest BCUT2D eigenvalue weighted by molar-refractivity contribution is -0.274. The number of nitrogens with zero attached hydrogens (tertiary/aromatic N) is 1. The molecule has 10 heteroatoms. The molecule has 1 aliphatic heterocycles. The van der Waals surface area contributed by atoms with E-state index in [0.717, 1.165) is 41.1 Å². The highest BCUT2D eigenvalue weighted by molar-refractivity contribution is 9.10. The van der Waals surface area contributed by atoms with E-state index in [0.29, 0.717) is 0 Å². The van der Waals surface area contributed by atoms with Crippen LogP contribution in [0.2, 0.25) is 0 Å². The van der Waals surface area contributed by atoms with Gasteiger partial charge in [-0.25, -0.2) is 0 Å². The fraction of sp³-hybridized carbons (Fsp3) is 0.375. The number of ether oxygens (including phenoxy) is 1. The highest BCUT2D eigenvalue weighted by atomic mass is 79.9. The van der Waals surface area contributed by atoms with Crippen LogP contribution in [-0.2, 0) is 0 Å². The zero-order chi connectivity index (χ0) is 17.2. The molecule has 2 heterocycles. The number of rotatable bonds is 4. The zero-order valence-electron chi connectivity index (χ0n) is 13.5. The van der Waals surface area contributed by atoms with Gasteiger partial charge in [0.2, 0.25) is 0 Å². The Kier molecular flexibility index (Phi) is 9.18. The van der Waals surface area contributed by atoms with Gasteiger partial charge in [0, 0.05) is 35.5 Å². The molecule has 0 aliphatic carbocycles. The molecule has 3 rings (SSSR count). The number of thiophene rings is 1. The Morgan fingerprint density at radius 3 is 2.19 bits per heavy atom. The highest BCUT2D eigenvalue weighted by Gasteiger charge is 2.31. The molecular weight excluding hydrogens is 476 g/mol. The van der Waals surface area contributed by atoms with Gasteiger partial charge in [0.25, 0.3) is 0 Å². The van der Waals surface area contributed by atoms with E-state index in [1.807, 2.05) is 11.4 Å². The summed E-state index contributed by atoms with van der Waals surface area (Å²) in [4.78, 5) is 3.49. The summed E-state index contributed by atoms with van der Waals surface area (Å²) in [5, 5.41) is 5.33. The summed E-state index contributed by atoms with van der Waals surface area (Å²) in [5.74, 6) is -0.199. The third kappa shape index (κ3) is 6.00. The van der Waals surface area contributed by atoms with E-state index in [4.69, 9.17) is 0 Å². The fourth-order valence-corrected chi connectivity index (χ4v) is 4.57. The lowest BCUT2D eigenvalue weighted by atomic mass is 10.0. The molecule has 2 aromatic rings. The summed E-state index contributed by atoms with van der Waals surface area (Å²) in [6.45, 7) is 3.56. The second-order valence-corrected chi connectivity index (χ2v) is 7.24. The fourth-order valence-electron chi connectivity index (χ4n) is 2.82. The van der Waals surface area contributed by atoms with Gasteiger partial charge in [-0.15, -0.1) is 49.3 Å². The molecule has 1 atom stereocenters. The minimum Gasteiger partial charge on any atom is -0.406 e. The Bertz CT molecular complexity index is 679. The van der Waals surface area contributed by atoms with E-state index in [9.17, 15) is 13.2 Å². The maximum atomic E-state index is 12.3. The van der Waals surface area contributed by atoms with E-state index in [1.165, 1.54) is 12.1 Å². The maximum absolute atomic E-state index is 12.3. The number of benzene rings is 1. The Morgan fingerprint density at radius 2 is 1.69 bits per heavy atom. The average Bonchev–Trinajstić information content (AvgIpc) is 2.95. The van der Waals surface area contributed by atoms with Crippen LogP contribution in [0, 0.1) is 0 Å². The first-order chi connectivity index (χ1) is 11.4. The molecule has 0 bridgehead atoms. The Morgan fingerprint density at radius 1 is 1.08 bits per heavy atom. The SMILES string of the molecule is Cl.Cl.FC(F)(F)Oc1ccc([C@@H](c2sccc2Br)N2CCNCC2)cc1. The molecule has 26 heavy (non-hydrogen) atoms. The Hall–Kier alpha value is -0.510. The lowest BCUT2D eigenvalue weighted by Gasteiger charge is -2.35. The number of hydrogen-bond acceptors (Lipinski definition) is 4. The zero-order valence-corrected chi connectivity index (χ0v) is 17.5. The predicted molar refractivity (Wildman–Crippen MR) is 106 cm³/mol. The first-order valence-electron chi connectivity index (χ1n) is 7.47. The van der Waals surface area contributed by atoms with Gasteiger partial charge < -0.3 is 10.1 Å². The first-order valence-corrected chi connectivity index (χ1v) is 9.15. The van der Waals surface area contributed by atoms with E-state index in [2.05, 4.69) is 30.9 Å². The van der Waals surface area contributed by atoms with Gasteiger partial charge in [-0.3, -0.25) is 4.90 Å². The summed E-state index contributed by atoms with van der Waals surface area (Å²) in [5.41, 5.74) is 0.953. The van der Waals surface area contributed by atoms with Gasteiger partial charge in [0.05, 0.1) is 6.04 Å². The monoisotopic (exact) mass is 492 g/mol. The van der Waals surface area contributed by atoms with Gasteiger partial charge >= 0.3 is 6.36 Å². The van der Waals surface area contributed by atoms with Gasteiger partial charge in [0.15, 0.2) is 0 Å². The molecule has 1 N–H and O–H groups in total. The molecule has 1 saturated heterocycles. The molecular formula is C16H18BrCl2F3N2OS. The van der Waals surface area contributed by atoms with Crippen molar-refractivity contribution in [3.8, 4) is 5.75 Å². The lowest BCUT2D eigenvalue weighted by Crippen LogP contribution is -2.45. The van der Waals surface area contributed by atoms with Gasteiger partial charge in [-0.05, 0) is 45.1 Å². The smallest absolute Gasteiger partial charge is 0.406 e. The molecule has 1 fully saturated rings. The van der Waals surface area contributed by atoms with Crippen molar-refractivity contribution in [2.24, 2.45) is 0 Å². The van der Waals surface area contributed by atoms with Crippen LogP contribution < -0.4 is 10.1 Å². The van der Waals surface area contributed by atoms with Crippen LogP contribution in [0.15, 0.2) is 40.2 Å². The number of alkyl halides is 3. The number of hydrogen-bond donors (Lipinski definition) is 1. The number of nitrogens with one attached hydrogen (secondary N) is 1. The topological polar surface area (TPSA) is 24.5 Å². The second kappa shape index (κ2) is 10.1. The van der Waals surface area contributed by atoms with Crippen molar-refractivity contribution in [1.82, 2.24) is 10.2 Å². The van der Waals surface area contributed by atoms with Crippen molar-refractivity contribution >= 4 is 52.1 Å². The molecule has 3 nitrogen and oxygen atoms in total. The molecule has 146 valence electrons. The molecule has 1 aromatic carbocycles. The number of halogens is 6. The highest BCUT2D eigenvalue weighted by Crippen LogP contribution is 2.38. The van der Waals surface area contributed by atoms with Crippen LogP contribution in [0.3, 0.4) is 0 Å². The van der Waals surface area contributed by atoms with Gasteiger partial charge in [-0.2, -0.15) is 0 Å². The first kappa shape index (κ1) is 23.5. The number of piperazine rings is 1. The van der Waals surface area contributed by atoms with Crippen LogP contribution in [0.5, 0.6) is 5.75 Å². The molecule has 1 aromatic heterocycles.